The maximum absolute atomic E-state index is 11.6. The lowest BCUT2D eigenvalue weighted by atomic mass is 10.3. The molecule has 1 saturated heterocycles. The van der Waals surface area contributed by atoms with Crippen LogP contribution >= 0.6 is 22.6 Å². The van der Waals surface area contributed by atoms with Crippen molar-refractivity contribution in [3.63, 3.8) is 0 Å². The van der Waals surface area contributed by atoms with Crippen LogP contribution in [0.15, 0.2) is 0 Å². The molecule has 0 atom stereocenters. The summed E-state index contributed by atoms with van der Waals surface area (Å²) in [5.41, 5.74) is 0. The molecule has 0 spiro atoms. The van der Waals surface area contributed by atoms with Gasteiger partial charge in [-0.15, -0.1) is 0 Å². The van der Waals surface area contributed by atoms with E-state index in [-0.39, 0.29) is 18.4 Å². The van der Waals surface area contributed by atoms with E-state index in [0.717, 1.165) is 30.6 Å². The first kappa shape index (κ1) is 12.7. The van der Waals surface area contributed by atoms with Crippen LogP contribution < -0.4 is 10.6 Å². The Kier molecular flexibility index (Phi) is 5.92. The monoisotopic (exact) mass is 325 g/mol. The highest BCUT2D eigenvalue weighted by Crippen LogP contribution is 1.93. The van der Waals surface area contributed by atoms with Gasteiger partial charge in [0.25, 0.3) is 0 Å². The van der Waals surface area contributed by atoms with Gasteiger partial charge in [0, 0.05) is 37.0 Å². The van der Waals surface area contributed by atoms with Gasteiger partial charge in [-0.2, -0.15) is 0 Å². The Morgan fingerprint density at radius 3 is 2.60 bits per heavy atom. The Hall–Kier alpha value is -0.370. The van der Waals surface area contributed by atoms with Crippen molar-refractivity contribution in [2.45, 2.75) is 6.42 Å². The Balaban J connectivity index is 2.19. The molecule has 1 heterocycles. The van der Waals surface area contributed by atoms with Gasteiger partial charge in [-0.3, -0.25) is 9.59 Å². The van der Waals surface area contributed by atoms with Crippen LogP contribution in [0.3, 0.4) is 0 Å². The highest BCUT2D eigenvalue weighted by atomic mass is 127. The first-order valence-corrected chi connectivity index (χ1v) is 6.57. The fourth-order valence-electron chi connectivity index (χ4n) is 1.37. The van der Waals surface area contributed by atoms with Gasteiger partial charge in [0.2, 0.25) is 11.8 Å². The van der Waals surface area contributed by atoms with Crippen molar-refractivity contribution in [3.05, 3.63) is 0 Å². The van der Waals surface area contributed by atoms with E-state index < -0.39 is 0 Å². The molecule has 6 heteroatoms. The first-order chi connectivity index (χ1) is 7.24. The molecule has 0 aliphatic carbocycles. The third-order valence-electron chi connectivity index (χ3n) is 2.23. The van der Waals surface area contributed by atoms with Gasteiger partial charge < -0.3 is 15.5 Å². The third kappa shape index (κ3) is 4.78. The Morgan fingerprint density at radius 1 is 1.33 bits per heavy atom. The van der Waals surface area contributed by atoms with Crippen molar-refractivity contribution in [1.82, 2.24) is 15.5 Å². The highest BCUT2D eigenvalue weighted by Gasteiger charge is 2.16. The summed E-state index contributed by atoms with van der Waals surface area (Å²) < 4.78 is 0.783. The standard InChI is InChI=1S/C9H16IN3O2/c10-2-1-8(14)12-7-9(15)13-5-3-11-4-6-13/h11H,1-7H2,(H,12,14). The third-order valence-corrected chi connectivity index (χ3v) is 2.77. The van der Waals surface area contributed by atoms with Crippen LogP contribution in [0.25, 0.3) is 0 Å². The topological polar surface area (TPSA) is 61.4 Å². The van der Waals surface area contributed by atoms with Crippen LogP contribution in [0.5, 0.6) is 0 Å². The molecule has 86 valence electrons. The molecular formula is C9H16IN3O2. The Labute approximate surface area is 103 Å². The number of piperazine rings is 1. The minimum atomic E-state index is -0.0483. The van der Waals surface area contributed by atoms with E-state index in [1.807, 2.05) is 0 Å². The first-order valence-electron chi connectivity index (χ1n) is 5.05. The SMILES string of the molecule is O=C(CCI)NCC(=O)N1CCNCC1. The summed E-state index contributed by atoms with van der Waals surface area (Å²) in [5.74, 6) is -0.0359. The largest absolute Gasteiger partial charge is 0.347 e. The molecule has 1 aliphatic rings. The van der Waals surface area contributed by atoms with E-state index in [0.29, 0.717) is 6.42 Å². The van der Waals surface area contributed by atoms with Crippen LogP contribution in [-0.4, -0.2) is 53.9 Å². The molecule has 0 unspecified atom stereocenters. The molecule has 1 aliphatic heterocycles. The maximum atomic E-state index is 11.6. The van der Waals surface area contributed by atoms with E-state index in [2.05, 4.69) is 33.2 Å². The van der Waals surface area contributed by atoms with Gasteiger partial charge in [0.1, 0.15) is 0 Å². The normalized spacial score (nSPS) is 16.2. The predicted octanol–water partition coefficient (Wildman–Crippen LogP) is -0.640. The average Bonchev–Trinajstić information content (AvgIpc) is 2.27. The molecule has 0 aromatic heterocycles. The molecule has 0 saturated carbocycles. The summed E-state index contributed by atoms with van der Waals surface area (Å²) in [7, 11) is 0. The maximum Gasteiger partial charge on any atom is 0.242 e. The number of nitrogens with zero attached hydrogens (tertiary/aromatic N) is 1. The second-order valence-electron chi connectivity index (χ2n) is 3.35. The number of halogens is 1. The second-order valence-corrected chi connectivity index (χ2v) is 4.43. The summed E-state index contributed by atoms with van der Waals surface area (Å²) in [6.07, 6.45) is 0.482. The molecule has 1 fully saturated rings. The molecule has 5 nitrogen and oxygen atoms in total. The fraction of sp³-hybridized carbons (Fsp3) is 0.778. The summed E-state index contributed by atoms with van der Waals surface area (Å²) in [5, 5.41) is 5.80. The molecule has 2 amide bonds. The predicted molar refractivity (Wildman–Crippen MR) is 66.0 cm³/mol. The molecule has 0 aromatic rings. The minimum absolute atomic E-state index is 0.0123. The summed E-state index contributed by atoms with van der Waals surface area (Å²) in [6.45, 7) is 3.29. The van der Waals surface area contributed by atoms with Crippen molar-refractivity contribution in [1.29, 1.82) is 0 Å². The highest BCUT2D eigenvalue weighted by molar-refractivity contribution is 14.1. The van der Waals surface area contributed by atoms with Crippen molar-refractivity contribution in [3.8, 4) is 0 Å². The number of amides is 2. The van der Waals surface area contributed by atoms with Crippen LogP contribution in [-0.2, 0) is 9.59 Å². The number of hydrogen-bond donors (Lipinski definition) is 2. The van der Waals surface area contributed by atoms with Crippen LogP contribution in [0, 0.1) is 0 Å². The van der Waals surface area contributed by atoms with Gasteiger partial charge in [0.05, 0.1) is 6.54 Å². The molecule has 0 radical (unpaired) electrons. The van der Waals surface area contributed by atoms with Gasteiger partial charge in [-0.1, -0.05) is 22.6 Å². The van der Waals surface area contributed by atoms with Crippen molar-refractivity contribution in [2.24, 2.45) is 0 Å². The number of rotatable bonds is 4. The Bertz CT molecular complexity index is 229. The molecule has 0 bridgehead atoms. The number of nitrogens with one attached hydrogen (secondary N) is 2. The van der Waals surface area contributed by atoms with Crippen molar-refractivity contribution in [2.75, 3.05) is 37.2 Å². The lowest BCUT2D eigenvalue weighted by molar-refractivity contribution is -0.133. The van der Waals surface area contributed by atoms with E-state index >= 15 is 0 Å². The molecule has 0 aromatic carbocycles. The van der Waals surface area contributed by atoms with Crippen molar-refractivity contribution < 1.29 is 9.59 Å². The lowest BCUT2D eigenvalue weighted by Crippen LogP contribution is -2.49. The zero-order chi connectivity index (χ0) is 11.1. The zero-order valence-electron chi connectivity index (χ0n) is 8.59. The zero-order valence-corrected chi connectivity index (χ0v) is 10.7. The number of alkyl halides is 1. The van der Waals surface area contributed by atoms with E-state index in [1.165, 1.54) is 0 Å². The summed E-state index contributed by atoms with van der Waals surface area (Å²) >= 11 is 2.14. The van der Waals surface area contributed by atoms with E-state index in [1.54, 1.807) is 4.90 Å². The van der Waals surface area contributed by atoms with Gasteiger partial charge in [-0.05, 0) is 0 Å². The van der Waals surface area contributed by atoms with Crippen LogP contribution in [0.2, 0.25) is 0 Å². The van der Waals surface area contributed by atoms with Crippen LogP contribution in [0.1, 0.15) is 6.42 Å². The van der Waals surface area contributed by atoms with Crippen molar-refractivity contribution >= 4 is 34.4 Å². The lowest BCUT2D eigenvalue weighted by Gasteiger charge is -2.27. The van der Waals surface area contributed by atoms with Gasteiger partial charge >= 0.3 is 0 Å². The molecule has 2 N–H and O–H groups in total. The summed E-state index contributed by atoms with van der Waals surface area (Å²) in [6, 6.07) is 0. The molecule has 1 rings (SSSR count). The van der Waals surface area contributed by atoms with E-state index in [9.17, 15) is 9.59 Å². The van der Waals surface area contributed by atoms with Gasteiger partial charge in [0.15, 0.2) is 0 Å². The number of carbonyl (C=O) groups is 2. The number of carbonyl (C=O) groups excluding carboxylic acids is 2. The smallest absolute Gasteiger partial charge is 0.242 e. The Morgan fingerprint density at radius 2 is 2.00 bits per heavy atom. The molecular weight excluding hydrogens is 309 g/mol. The van der Waals surface area contributed by atoms with Gasteiger partial charge in [-0.25, -0.2) is 0 Å². The average molecular weight is 325 g/mol. The fourth-order valence-corrected chi connectivity index (χ4v) is 1.86. The minimum Gasteiger partial charge on any atom is -0.347 e. The summed E-state index contributed by atoms with van der Waals surface area (Å²) in [4.78, 5) is 24.5. The second kappa shape index (κ2) is 7.00. The van der Waals surface area contributed by atoms with Crippen LogP contribution in [0.4, 0.5) is 0 Å². The number of hydrogen-bond acceptors (Lipinski definition) is 3. The van der Waals surface area contributed by atoms with E-state index in [4.69, 9.17) is 0 Å². The molecule has 15 heavy (non-hydrogen) atoms. The quantitative estimate of drug-likeness (QED) is 0.534.